The second-order valence-electron chi connectivity index (χ2n) is 9.24. The number of ether oxygens (including phenoxy) is 1. The summed E-state index contributed by atoms with van der Waals surface area (Å²) in [5, 5.41) is 5.22. The number of anilines is 1. The van der Waals surface area contributed by atoms with Crippen molar-refractivity contribution in [2.24, 2.45) is 0 Å². The number of sulfonamides is 1. The Hall–Kier alpha value is -3.35. The van der Waals surface area contributed by atoms with E-state index >= 15 is 0 Å². The van der Waals surface area contributed by atoms with Gasteiger partial charge in [0.25, 0.3) is 5.91 Å². The van der Waals surface area contributed by atoms with Gasteiger partial charge in [-0.2, -0.15) is 4.31 Å². The van der Waals surface area contributed by atoms with Crippen molar-refractivity contribution in [2.75, 3.05) is 25.0 Å². The molecule has 2 aromatic rings. The lowest BCUT2D eigenvalue weighted by molar-refractivity contribution is -0.134. The molecule has 4 amide bonds. The first-order chi connectivity index (χ1) is 17.5. The van der Waals surface area contributed by atoms with Crippen LogP contribution in [-0.2, 0) is 29.9 Å². The zero-order chi connectivity index (χ0) is 27.0. The SMILES string of the molecule is CC[C@]1(c2ccc(F)cc2)NC(=O)N(CC(=O)Nc2ccc(S(=O)(=O)N3C[C@@H](C)O[C@H](C)C3)cc2)C1=O. The van der Waals surface area contributed by atoms with Crippen molar-refractivity contribution in [2.45, 2.75) is 49.8 Å². The molecule has 4 rings (SSSR count). The van der Waals surface area contributed by atoms with Crippen molar-refractivity contribution >= 4 is 33.6 Å². The van der Waals surface area contributed by atoms with Gasteiger partial charge in [-0.25, -0.2) is 17.6 Å². The molecule has 0 saturated carbocycles. The summed E-state index contributed by atoms with van der Waals surface area (Å²) in [7, 11) is -3.74. The molecule has 10 nitrogen and oxygen atoms in total. The smallest absolute Gasteiger partial charge is 0.325 e. The highest BCUT2D eigenvalue weighted by Crippen LogP contribution is 2.32. The minimum Gasteiger partial charge on any atom is -0.373 e. The molecule has 2 N–H and O–H groups in total. The number of halogens is 1. The van der Waals surface area contributed by atoms with E-state index in [9.17, 15) is 27.2 Å². The zero-order valence-corrected chi connectivity index (χ0v) is 21.5. The van der Waals surface area contributed by atoms with Crippen molar-refractivity contribution in [3.05, 3.63) is 59.9 Å². The Morgan fingerprint density at radius 2 is 1.68 bits per heavy atom. The number of morpholine rings is 1. The maximum absolute atomic E-state index is 13.4. The molecular formula is C25H29FN4O6S. The Labute approximate surface area is 214 Å². The topological polar surface area (TPSA) is 125 Å². The third-order valence-corrected chi connectivity index (χ3v) is 8.35. The molecule has 2 aliphatic rings. The molecule has 2 heterocycles. The van der Waals surface area contributed by atoms with E-state index in [0.29, 0.717) is 11.3 Å². The third kappa shape index (κ3) is 5.22. The molecule has 2 aliphatic heterocycles. The summed E-state index contributed by atoms with van der Waals surface area (Å²) >= 11 is 0. The molecular weight excluding hydrogens is 503 g/mol. The number of imide groups is 1. The number of nitrogens with one attached hydrogen (secondary N) is 2. The quantitative estimate of drug-likeness (QED) is 0.528. The molecule has 3 atom stereocenters. The van der Waals surface area contributed by atoms with E-state index in [1.54, 1.807) is 6.92 Å². The number of nitrogens with zero attached hydrogens (tertiary/aromatic N) is 2. The fraction of sp³-hybridized carbons (Fsp3) is 0.400. The van der Waals surface area contributed by atoms with Crippen molar-refractivity contribution < 1.29 is 31.9 Å². The van der Waals surface area contributed by atoms with Crippen LogP contribution in [0, 0.1) is 5.82 Å². The first kappa shape index (κ1) is 26.7. The largest absolute Gasteiger partial charge is 0.373 e. The molecule has 0 aromatic heterocycles. The van der Waals surface area contributed by atoms with Gasteiger partial charge in [0.2, 0.25) is 15.9 Å². The van der Waals surface area contributed by atoms with Gasteiger partial charge in [-0.05, 0) is 62.2 Å². The van der Waals surface area contributed by atoms with Crippen LogP contribution >= 0.6 is 0 Å². The molecule has 0 aliphatic carbocycles. The Morgan fingerprint density at radius 3 is 2.24 bits per heavy atom. The molecule has 0 radical (unpaired) electrons. The minimum absolute atomic E-state index is 0.0768. The lowest BCUT2D eigenvalue weighted by atomic mass is 9.87. The standard InChI is InChI=1S/C25H29FN4O6S/c1-4-25(18-5-7-19(26)8-6-18)23(32)30(24(33)28-25)15-22(31)27-20-9-11-21(12-10-20)37(34,35)29-13-16(2)36-17(3)14-29/h5-12,16-17H,4,13-15H2,1-3H3,(H,27,31)(H,28,33)/t16-,17-,25-/m1/s1. The molecule has 2 aromatic carbocycles. The normalized spacial score (nSPS) is 24.7. The number of amides is 4. The van der Waals surface area contributed by atoms with Crippen molar-refractivity contribution in [1.82, 2.24) is 14.5 Å². The van der Waals surface area contributed by atoms with Crippen LogP contribution in [0.2, 0.25) is 0 Å². The second kappa shape index (κ2) is 10.2. The molecule has 198 valence electrons. The molecule has 0 spiro atoms. The van der Waals surface area contributed by atoms with E-state index in [2.05, 4.69) is 10.6 Å². The number of rotatable bonds is 7. The Kier molecular flexibility index (Phi) is 7.36. The van der Waals surface area contributed by atoms with Crippen LogP contribution in [-0.4, -0.2) is 67.3 Å². The van der Waals surface area contributed by atoms with Gasteiger partial charge < -0.3 is 15.4 Å². The van der Waals surface area contributed by atoms with E-state index in [1.807, 2.05) is 13.8 Å². The number of urea groups is 1. The number of benzene rings is 2. The lowest BCUT2D eigenvalue weighted by Gasteiger charge is -2.34. The fourth-order valence-corrected chi connectivity index (χ4v) is 6.26. The maximum Gasteiger partial charge on any atom is 0.325 e. The van der Waals surface area contributed by atoms with E-state index in [1.165, 1.54) is 52.8 Å². The van der Waals surface area contributed by atoms with Crippen LogP contribution in [0.1, 0.15) is 32.8 Å². The third-order valence-electron chi connectivity index (χ3n) is 6.51. The fourth-order valence-electron chi connectivity index (χ4n) is 4.67. The van der Waals surface area contributed by atoms with E-state index in [-0.39, 0.29) is 36.6 Å². The highest BCUT2D eigenvalue weighted by molar-refractivity contribution is 7.89. The summed E-state index contributed by atoms with van der Waals surface area (Å²) < 4.78 is 46.4. The average Bonchev–Trinajstić information content (AvgIpc) is 3.09. The van der Waals surface area contributed by atoms with Crippen LogP contribution < -0.4 is 10.6 Å². The number of hydrogen-bond acceptors (Lipinski definition) is 6. The Morgan fingerprint density at radius 1 is 1.08 bits per heavy atom. The summed E-state index contributed by atoms with van der Waals surface area (Å²) in [6.07, 6.45) is -0.244. The van der Waals surface area contributed by atoms with Gasteiger partial charge in [0.05, 0.1) is 17.1 Å². The first-order valence-corrected chi connectivity index (χ1v) is 13.4. The monoisotopic (exact) mass is 532 g/mol. The highest BCUT2D eigenvalue weighted by atomic mass is 32.2. The van der Waals surface area contributed by atoms with Crippen LogP contribution in [0.5, 0.6) is 0 Å². The van der Waals surface area contributed by atoms with Gasteiger partial charge in [0, 0.05) is 18.8 Å². The van der Waals surface area contributed by atoms with Crippen LogP contribution in [0.25, 0.3) is 0 Å². The van der Waals surface area contributed by atoms with E-state index < -0.39 is 45.8 Å². The summed E-state index contributed by atoms with van der Waals surface area (Å²) in [5.41, 5.74) is -0.672. The lowest BCUT2D eigenvalue weighted by Crippen LogP contribution is -2.48. The Bertz CT molecular complexity index is 1290. The van der Waals surface area contributed by atoms with Crippen molar-refractivity contribution in [3.63, 3.8) is 0 Å². The first-order valence-electron chi connectivity index (χ1n) is 11.9. The zero-order valence-electron chi connectivity index (χ0n) is 20.7. The molecule has 0 unspecified atom stereocenters. The molecule has 2 fully saturated rings. The molecule has 2 saturated heterocycles. The van der Waals surface area contributed by atoms with E-state index in [4.69, 9.17) is 4.74 Å². The molecule has 37 heavy (non-hydrogen) atoms. The van der Waals surface area contributed by atoms with Gasteiger partial charge in [-0.1, -0.05) is 19.1 Å². The van der Waals surface area contributed by atoms with Gasteiger partial charge in [-0.15, -0.1) is 0 Å². The summed E-state index contributed by atoms with van der Waals surface area (Å²) in [6, 6.07) is 10.2. The molecule has 0 bridgehead atoms. The van der Waals surface area contributed by atoms with Crippen LogP contribution in [0.15, 0.2) is 53.4 Å². The van der Waals surface area contributed by atoms with Gasteiger partial charge >= 0.3 is 6.03 Å². The van der Waals surface area contributed by atoms with Crippen molar-refractivity contribution in [1.29, 1.82) is 0 Å². The van der Waals surface area contributed by atoms with Gasteiger partial charge in [-0.3, -0.25) is 14.5 Å². The van der Waals surface area contributed by atoms with Crippen LogP contribution in [0.4, 0.5) is 14.9 Å². The minimum atomic E-state index is -3.74. The highest BCUT2D eigenvalue weighted by Gasteiger charge is 2.51. The van der Waals surface area contributed by atoms with E-state index in [0.717, 1.165) is 4.90 Å². The predicted octanol–water partition coefficient (Wildman–Crippen LogP) is 2.42. The molecule has 12 heteroatoms. The second-order valence-corrected chi connectivity index (χ2v) is 11.2. The van der Waals surface area contributed by atoms with Crippen LogP contribution in [0.3, 0.4) is 0 Å². The number of carbonyl (C=O) groups is 3. The maximum atomic E-state index is 13.4. The van der Waals surface area contributed by atoms with Gasteiger partial charge in [0.1, 0.15) is 17.9 Å². The summed E-state index contributed by atoms with van der Waals surface area (Å²) in [4.78, 5) is 39.3. The number of hydrogen-bond donors (Lipinski definition) is 2. The predicted molar refractivity (Wildman–Crippen MR) is 132 cm³/mol. The summed E-state index contributed by atoms with van der Waals surface area (Å²) in [5.74, 6) is -1.73. The summed E-state index contributed by atoms with van der Waals surface area (Å²) in [6.45, 7) is 5.28. The Balaban J connectivity index is 1.43. The number of carbonyl (C=O) groups excluding carboxylic acids is 3. The van der Waals surface area contributed by atoms with Crippen molar-refractivity contribution in [3.8, 4) is 0 Å². The van der Waals surface area contributed by atoms with Gasteiger partial charge in [0.15, 0.2) is 0 Å². The average molecular weight is 533 g/mol.